The zero-order chi connectivity index (χ0) is 31.0. The Kier molecular flexibility index (Phi) is 10.2. The molecule has 1 aliphatic rings. The molecular formula is C34H36ClN7O2S. The van der Waals surface area contributed by atoms with Crippen LogP contribution < -0.4 is 0 Å². The molecule has 232 valence electrons. The van der Waals surface area contributed by atoms with Crippen molar-refractivity contribution >= 4 is 29.3 Å². The van der Waals surface area contributed by atoms with E-state index in [1.807, 2.05) is 60.3 Å². The third-order valence-corrected chi connectivity index (χ3v) is 9.26. The van der Waals surface area contributed by atoms with Crippen LogP contribution in [-0.4, -0.2) is 65.6 Å². The van der Waals surface area contributed by atoms with Crippen molar-refractivity contribution in [3.63, 3.8) is 0 Å². The predicted octanol–water partition coefficient (Wildman–Crippen LogP) is 6.68. The monoisotopic (exact) mass is 641 g/mol. The Labute approximate surface area is 272 Å². The molecule has 0 saturated carbocycles. The van der Waals surface area contributed by atoms with Crippen LogP contribution in [0.1, 0.15) is 52.8 Å². The lowest BCUT2D eigenvalue weighted by Gasteiger charge is -2.26. The molecule has 0 radical (unpaired) electrons. The number of esters is 1. The molecule has 1 saturated heterocycles. The molecule has 2 aromatic heterocycles. The number of tetrazole rings is 1. The van der Waals surface area contributed by atoms with Crippen molar-refractivity contribution in [1.29, 1.82) is 0 Å². The summed E-state index contributed by atoms with van der Waals surface area (Å²) in [5.74, 6) is 3.41. The quantitative estimate of drug-likeness (QED) is 0.151. The van der Waals surface area contributed by atoms with Crippen molar-refractivity contribution in [3.05, 3.63) is 106 Å². The van der Waals surface area contributed by atoms with Crippen molar-refractivity contribution in [1.82, 2.24) is 35.1 Å². The van der Waals surface area contributed by atoms with Gasteiger partial charge >= 0.3 is 5.97 Å². The number of aryl methyl sites for hydroxylation is 1. The van der Waals surface area contributed by atoms with E-state index in [4.69, 9.17) is 16.3 Å². The van der Waals surface area contributed by atoms with Gasteiger partial charge in [-0.2, -0.15) is 17.0 Å². The summed E-state index contributed by atoms with van der Waals surface area (Å²) in [6.07, 6.45) is 2.81. The highest BCUT2D eigenvalue weighted by atomic mass is 35.5. The first-order valence-electron chi connectivity index (χ1n) is 15.3. The molecule has 1 aliphatic heterocycles. The van der Waals surface area contributed by atoms with Gasteiger partial charge in [0.1, 0.15) is 12.4 Å². The number of hydrogen-bond donors (Lipinski definition) is 1. The number of nitrogens with zero attached hydrogens (tertiary/aromatic N) is 6. The Morgan fingerprint density at radius 3 is 2.38 bits per heavy atom. The minimum absolute atomic E-state index is 0.0418. The minimum Gasteiger partial charge on any atom is -0.456 e. The van der Waals surface area contributed by atoms with Gasteiger partial charge in [-0.25, -0.2) is 9.78 Å². The Balaban J connectivity index is 1.16. The van der Waals surface area contributed by atoms with Gasteiger partial charge in [0.05, 0.1) is 11.3 Å². The van der Waals surface area contributed by atoms with Crippen LogP contribution in [0.25, 0.3) is 22.5 Å². The van der Waals surface area contributed by atoms with E-state index in [1.54, 1.807) is 0 Å². The van der Waals surface area contributed by atoms with Crippen LogP contribution >= 0.6 is 23.4 Å². The Hall–Kier alpha value is -3.99. The number of aromatic nitrogens is 6. The SMILES string of the molecule is CCCCc1nc(Cl)c(COC(=O)c2ccc(CN3CCSCC3)cc2)n1Cc1ccc(-c2ccccc2-c2nn[nH]n2)cc1. The number of unbranched alkanes of at least 4 members (excludes halogenated alkanes) is 1. The first kappa shape index (κ1) is 31.0. The van der Waals surface area contributed by atoms with Gasteiger partial charge in [0.15, 0.2) is 5.15 Å². The third-order valence-electron chi connectivity index (χ3n) is 8.02. The number of ether oxygens (including phenoxy) is 1. The number of carbonyl (C=O) groups excluding carboxylic acids is 1. The maximum Gasteiger partial charge on any atom is 0.338 e. The van der Waals surface area contributed by atoms with E-state index < -0.39 is 0 Å². The average molecular weight is 642 g/mol. The van der Waals surface area contributed by atoms with Crippen molar-refractivity contribution in [2.24, 2.45) is 0 Å². The maximum atomic E-state index is 13.0. The smallest absolute Gasteiger partial charge is 0.338 e. The number of nitrogens with one attached hydrogen (secondary N) is 1. The molecule has 1 fully saturated rings. The number of halogens is 1. The van der Waals surface area contributed by atoms with Crippen molar-refractivity contribution in [2.75, 3.05) is 24.6 Å². The van der Waals surface area contributed by atoms with E-state index in [2.05, 4.69) is 66.3 Å². The zero-order valence-electron chi connectivity index (χ0n) is 25.3. The summed E-state index contributed by atoms with van der Waals surface area (Å²) in [6.45, 7) is 5.85. The standard InChI is InChI=1S/C34H36ClN7O2S/c1-2-3-8-31-36-32(35)30(23-44-34(43)27-15-11-24(12-16-27)21-41-17-19-45-20-18-41)42(31)22-25-9-13-26(14-10-25)28-6-4-5-7-29(28)33-37-39-40-38-33/h4-7,9-16H,2-3,8,17-23H2,1H3,(H,37,38,39,40). The fourth-order valence-electron chi connectivity index (χ4n) is 5.51. The van der Waals surface area contributed by atoms with E-state index >= 15 is 0 Å². The number of aromatic amines is 1. The van der Waals surface area contributed by atoms with Crippen LogP contribution in [0.2, 0.25) is 5.15 Å². The van der Waals surface area contributed by atoms with Gasteiger partial charge in [0, 0.05) is 49.7 Å². The summed E-state index contributed by atoms with van der Waals surface area (Å²) in [4.78, 5) is 20.2. The summed E-state index contributed by atoms with van der Waals surface area (Å²) in [7, 11) is 0. The number of hydrogen-bond acceptors (Lipinski definition) is 8. The summed E-state index contributed by atoms with van der Waals surface area (Å²) >= 11 is 8.66. The summed E-state index contributed by atoms with van der Waals surface area (Å²) in [5.41, 5.74) is 6.47. The molecule has 0 amide bonds. The molecule has 0 unspecified atom stereocenters. The second-order valence-electron chi connectivity index (χ2n) is 11.1. The molecule has 3 aromatic carbocycles. The highest BCUT2D eigenvalue weighted by Gasteiger charge is 2.19. The third kappa shape index (κ3) is 7.64. The van der Waals surface area contributed by atoms with Gasteiger partial charge in [0.2, 0.25) is 5.82 Å². The van der Waals surface area contributed by atoms with Crippen LogP contribution in [0, 0.1) is 0 Å². The number of carbonyl (C=O) groups is 1. The number of rotatable bonds is 12. The van der Waals surface area contributed by atoms with Gasteiger partial charge in [-0.3, -0.25) is 4.90 Å². The highest BCUT2D eigenvalue weighted by Crippen LogP contribution is 2.30. The topological polar surface area (TPSA) is 102 Å². The number of imidazole rings is 1. The highest BCUT2D eigenvalue weighted by molar-refractivity contribution is 7.99. The van der Waals surface area contributed by atoms with Crippen molar-refractivity contribution < 1.29 is 9.53 Å². The number of H-pyrrole nitrogens is 1. The molecule has 0 atom stereocenters. The first-order valence-corrected chi connectivity index (χ1v) is 16.8. The van der Waals surface area contributed by atoms with Crippen LogP contribution in [0.4, 0.5) is 0 Å². The van der Waals surface area contributed by atoms with Crippen molar-refractivity contribution in [2.45, 2.75) is 45.9 Å². The van der Waals surface area contributed by atoms with Crippen LogP contribution in [0.3, 0.4) is 0 Å². The molecule has 6 rings (SSSR count). The fourth-order valence-corrected chi connectivity index (χ4v) is 6.75. The van der Waals surface area contributed by atoms with Crippen LogP contribution in [0.5, 0.6) is 0 Å². The van der Waals surface area contributed by atoms with E-state index in [0.29, 0.717) is 28.8 Å². The molecule has 45 heavy (non-hydrogen) atoms. The normalized spacial score (nSPS) is 13.6. The molecule has 0 aliphatic carbocycles. The largest absolute Gasteiger partial charge is 0.456 e. The van der Waals surface area contributed by atoms with Gasteiger partial charge in [0.25, 0.3) is 0 Å². The second-order valence-corrected chi connectivity index (χ2v) is 12.7. The maximum absolute atomic E-state index is 13.0. The molecule has 9 nitrogen and oxygen atoms in total. The van der Waals surface area contributed by atoms with Crippen molar-refractivity contribution in [3.8, 4) is 22.5 Å². The molecule has 11 heteroatoms. The summed E-state index contributed by atoms with van der Waals surface area (Å²) in [5, 5.41) is 14.9. The average Bonchev–Trinajstić information content (AvgIpc) is 3.72. The first-order chi connectivity index (χ1) is 22.1. The number of benzene rings is 3. The molecule has 5 aromatic rings. The molecule has 0 spiro atoms. The van der Waals surface area contributed by atoms with Crippen LogP contribution in [-0.2, 0) is 30.9 Å². The molecular weight excluding hydrogens is 606 g/mol. The number of thioether (sulfide) groups is 1. The van der Waals surface area contributed by atoms with E-state index in [9.17, 15) is 4.79 Å². The Morgan fingerprint density at radius 1 is 0.956 bits per heavy atom. The van der Waals surface area contributed by atoms with Gasteiger partial charge < -0.3 is 9.30 Å². The molecule has 3 heterocycles. The van der Waals surface area contributed by atoms with Gasteiger partial charge in [-0.1, -0.05) is 85.6 Å². The van der Waals surface area contributed by atoms with Gasteiger partial charge in [-0.15, -0.1) is 10.2 Å². The predicted molar refractivity (Wildman–Crippen MR) is 178 cm³/mol. The Morgan fingerprint density at radius 2 is 1.67 bits per heavy atom. The molecule has 0 bridgehead atoms. The van der Waals surface area contributed by atoms with E-state index in [-0.39, 0.29) is 12.6 Å². The lowest BCUT2D eigenvalue weighted by atomic mass is 9.98. The lowest BCUT2D eigenvalue weighted by Crippen LogP contribution is -2.31. The Bertz CT molecular complexity index is 1700. The summed E-state index contributed by atoms with van der Waals surface area (Å²) in [6, 6.07) is 24.1. The van der Waals surface area contributed by atoms with E-state index in [0.717, 1.165) is 67.0 Å². The molecule has 1 N–H and O–H groups in total. The minimum atomic E-state index is -0.375. The summed E-state index contributed by atoms with van der Waals surface area (Å²) < 4.78 is 7.88. The second kappa shape index (κ2) is 14.9. The lowest BCUT2D eigenvalue weighted by molar-refractivity contribution is 0.0464. The van der Waals surface area contributed by atoms with Crippen LogP contribution in [0.15, 0.2) is 72.8 Å². The van der Waals surface area contributed by atoms with E-state index in [1.165, 1.54) is 17.1 Å². The van der Waals surface area contributed by atoms with Gasteiger partial charge in [-0.05, 0) is 46.0 Å². The zero-order valence-corrected chi connectivity index (χ0v) is 26.9. The fraction of sp³-hybridized carbons (Fsp3) is 0.324.